The van der Waals surface area contributed by atoms with Gasteiger partial charge in [-0.25, -0.2) is 9.37 Å². The van der Waals surface area contributed by atoms with Gasteiger partial charge in [-0.05, 0) is 25.1 Å². The third-order valence-corrected chi connectivity index (χ3v) is 4.82. The van der Waals surface area contributed by atoms with E-state index in [2.05, 4.69) is 9.97 Å². The zero-order chi connectivity index (χ0) is 18.8. The minimum absolute atomic E-state index is 0.173. The minimum Gasteiger partial charge on any atom is -0.366 e. The highest BCUT2D eigenvalue weighted by molar-refractivity contribution is 5.61. The first kappa shape index (κ1) is 17.3. The quantitative estimate of drug-likeness (QED) is 0.775. The Labute approximate surface area is 157 Å². The Morgan fingerprint density at radius 2 is 1.70 bits per heavy atom. The van der Waals surface area contributed by atoms with E-state index in [-0.39, 0.29) is 11.4 Å². The summed E-state index contributed by atoms with van der Waals surface area (Å²) in [6, 6.07) is 16.3. The molecule has 4 rings (SSSR count). The Balaban J connectivity index is 1.55. The lowest BCUT2D eigenvalue weighted by Crippen LogP contribution is -2.47. The summed E-state index contributed by atoms with van der Waals surface area (Å²) in [5, 5.41) is 0. The highest BCUT2D eigenvalue weighted by Crippen LogP contribution is 2.23. The van der Waals surface area contributed by atoms with Gasteiger partial charge in [0, 0.05) is 37.8 Å². The molecule has 1 N–H and O–H groups in total. The predicted molar refractivity (Wildman–Crippen MR) is 106 cm³/mol. The number of piperazine rings is 1. The molecular weight excluding hydrogens is 343 g/mol. The molecule has 0 radical (unpaired) electrons. The van der Waals surface area contributed by atoms with Crippen LogP contribution in [0, 0.1) is 12.7 Å². The van der Waals surface area contributed by atoms with Gasteiger partial charge in [0.15, 0.2) is 0 Å². The van der Waals surface area contributed by atoms with Crippen LogP contribution in [0.15, 0.2) is 59.4 Å². The molecule has 1 aliphatic rings. The maximum atomic E-state index is 14.0. The standard InChI is InChI=1S/C21H21FN4O/c1-15-5-4-6-16(13-15)18-14-20(27)24-21(23-18)26-11-9-25(10-12-26)19-8-3-2-7-17(19)22/h2-8,13-14H,9-12H2,1H3,(H,23,24,27). The van der Waals surface area contributed by atoms with Crippen LogP contribution in [0.1, 0.15) is 5.56 Å². The first-order chi connectivity index (χ1) is 13.1. The number of H-pyrrole nitrogens is 1. The summed E-state index contributed by atoms with van der Waals surface area (Å²) < 4.78 is 14.0. The lowest BCUT2D eigenvalue weighted by atomic mass is 10.1. The Kier molecular flexibility index (Phi) is 4.62. The van der Waals surface area contributed by atoms with Crippen LogP contribution in [0.25, 0.3) is 11.3 Å². The van der Waals surface area contributed by atoms with Crippen LogP contribution < -0.4 is 15.4 Å². The maximum Gasteiger partial charge on any atom is 0.252 e. The van der Waals surface area contributed by atoms with Gasteiger partial charge in [0.1, 0.15) is 5.82 Å². The number of aromatic nitrogens is 2. The van der Waals surface area contributed by atoms with E-state index in [4.69, 9.17) is 0 Å². The van der Waals surface area contributed by atoms with Crippen molar-refractivity contribution in [3.8, 4) is 11.3 Å². The molecule has 0 amide bonds. The van der Waals surface area contributed by atoms with Crippen LogP contribution in [0.4, 0.5) is 16.0 Å². The Morgan fingerprint density at radius 3 is 2.44 bits per heavy atom. The third kappa shape index (κ3) is 3.69. The summed E-state index contributed by atoms with van der Waals surface area (Å²) in [6.07, 6.45) is 0. The van der Waals surface area contributed by atoms with Crippen LogP contribution >= 0.6 is 0 Å². The van der Waals surface area contributed by atoms with Gasteiger partial charge in [-0.1, -0.05) is 35.9 Å². The number of hydrogen-bond donors (Lipinski definition) is 1. The van der Waals surface area contributed by atoms with Crippen molar-refractivity contribution in [2.75, 3.05) is 36.0 Å². The average Bonchev–Trinajstić information content (AvgIpc) is 2.68. The number of para-hydroxylation sites is 1. The first-order valence-electron chi connectivity index (χ1n) is 9.03. The van der Waals surface area contributed by atoms with Crippen molar-refractivity contribution in [2.24, 2.45) is 0 Å². The number of nitrogens with zero attached hydrogens (tertiary/aromatic N) is 3. The number of halogens is 1. The van der Waals surface area contributed by atoms with Crippen molar-refractivity contribution in [1.29, 1.82) is 0 Å². The summed E-state index contributed by atoms with van der Waals surface area (Å²) >= 11 is 0. The van der Waals surface area contributed by atoms with Crippen LogP contribution in [0.2, 0.25) is 0 Å². The Hall–Kier alpha value is -3.15. The number of anilines is 2. The molecule has 6 heteroatoms. The molecule has 0 aliphatic carbocycles. The van der Waals surface area contributed by atoms with E-state index >= 15 is 0 Å². The summed E-state index contributed by atoms with van der Waals surface area (Å²) in [4.78, 5) is 23.7. The normalized spacial score (nSPS) is 14.4. The molecular formula is C21H21FN4O. The average molecular weight is 364 g/mol. The molecule has 3 aromatic rings. The fourth-order valence-electron chi connectivity index (χ4n) is 3.41. The van der Waals surface area contributed by atoms with Gasteiger partial charge >= 0.3 is 0 Å². The van der Waals surface area contributed by atoms with Crippen molar-refractivity contribution in [2.45, 2.75) is 6.92 Å². The van der Waals surface area contributed by atoms with Crippen molar-refractivity contribution in [3.63, 3.8) is 0 Å². The van der Waals surface area contributed by atoms with E-state index in [0.29, 0.717) is 43.5 Å². The summed E-state index contributed by atoms with van der Waals surface area (Å²) in [7, 11) is 0. The van der Waals surface area contributed by atoms with Crippen molar-refractivity contribution in [1.82, 2.24) is 9.97 Å². The predicted octanol–water partition coefficient (Wildman–Crippen LogP) is 3.21. The molecule has 1 fully saturated rings. The van der Waals surface area contributed by atoms with E-state index in [9.17, 15) is 9.18 Å². The number of nitrogens with one attached hydrogen (secondary N) is 1. The second-order valence-electron chi connectivity index (χ2n) is 6.75. The van der Waals surface area contributed by atoms with Crippen molar-refractivity contribution >= 4 is 11.6 Å². The lowest BCUT2D eigenvalue weighted by Gasteiger charge is -2.36. The topological polar surface area (TPSA) is 52.2 Å². The third-order valence-electron chi connectivity index (χ3n) is 4.82. The molecule has 0 unspecified atom stereocenters. The van der Waals surface area contributed by atoms with Crippen molar-refractivity contribution in [3.05, 3.63) is 76.3 Å². The SMILES string of the molecule is Cc1cccc(-c2cc(=O)[nH]c(N3CCN(c4ccccc4F)CC3)n2)c1. The fourth-order valence-corrected chi connectivity index (χ4v) is 3.41. The van der Waals surface area contributed by atoms with E-state index in [1.54, 1.807) is 12.1 Å². The number of hydrogen-bond acceptors (Lipinski definition) is 4. The van der Waals surface area contributed by atoms with Gasteiger partial charge in [0.05, 0.1) is 11.4 Å². The van der Waals surface area contributed by atoms with Crippen LogP contribution in [-0.4, -0.2) is 36.1 Å². The zero-order valence-corrected chi connectivity index (χ0v) is 15.2. The molecule has 0 saturated carbocycles. The van der Waals surface area contributed by atoms with Gasteiger partial charge in [0.2, 0.25) is 5.95 Å². The van der Waals surface area contributed by atoms with Crippen molar-refractivity contribution < 1.29 is 4.39 Å². The fraction of sp³-hybridized carbons (Fsp3) is 0.238. The monoisotopic (exact) mass is 364 g/mol. The van der Waals surface area contributed by atoms with E-state index in [0.717, 1.165) is 11.1 Å². The highest BCUT2D eigenvalue weighted by atomic mass is 19.1. The molecule has 138 valence electrons. The summed E-state index contributed by atoms with van der Waals surface area (Å²) in [6.45, 7) is 4.67. The van der Waals surface area contributed by atoms with E-state index in [1.807, 2.05) is 47.1 Å². The molecule has 2 aromatic carbocycles. The van der Waals surface area contributed by atoms with Gasteiger partial charge in [-0.2, -0.15) is 0 Å². The van der Waals surface area contributed by atoms with Crippen LogP contribution in [-0.2, 0) is 0 Å². The summed E-state index contributed by atoms with van der Waals surface area (Å²) in [5.74, 6) is 0.353. The molecule has 0 atom stereocenters. The molecule has 27 heavy (non-hydrogen) atoms. The zero-order valence-electron chi connectivity index (χ0n) is 15.2. The molecule has 0 bridgehead atoms. The smallest absolute Gasteiger partial charge is 0.252 e. The highest BCUT2D eigenvalue weighted by Gasteiger charge is 2.21. The van der Waals surface area contributed by atoms with Gasteiger partial charge in [-0.15, -0.1) is 0 Å². The van der Waals surface area contributed by atoms with Gasteiger partial charge in [-0.3, -0.25) is 9.78 Å². The molecule has 1 aromatic heterocycles. The molecule has 5 nitrogen and oxygen atoms in total. The van der Waals surface area contributed by atoms with Crippen LogP contribution in [0.5, 0.6) is 0 Å². The first-order valence-corrected chi connectivity index (χ1v) is 9.03. The molecule has 1 saturated heterocycles. The minimum atomic E-state index is -0.209. The second kappa shape index (κ2) is 7.23. The Morgan fingerprint density at radius 1 is 0.963 bits per heavy atom. The number of benzene rings is 2. The summed E-state index contributed by atoms with van der Waals surface area (Å²) in [5.41, 5.74) is 3.15. The van der Waals surface area contributed by atoms with Gasteiger partial charge in [0.25, 0.3) is 5.56 Å². The number of aromatic amines is 1. The number of rotatable bonds is 3. The van der Waals surface area contributed by atoms with Gasteiger partial charge < -0.3 is 9.80 Å². The molecule has 1 aliphatic heterocycles. The molecule has 0 spiro atoms. The van der Waals surface area contributed by atoms with Crippen LogP contribution in [0.3, 0.4) is 0 Å². The van der Waals surface area contributed by atoms with E-state index in [1.165, 1.54) is 12.1 Å². The second-order valence-corrected chi connectivity index (χ2v) is 6.75. The maximum absolute atomic E-state index is 14.0. The Bertz CT molecular complexity index is 1010. The lowest BCUT2D eigenvalue weighted by molar-refractivity contribution is 0.594. The number of aryl methyl sites for hydroxylation is 1. The largest absolute Gasteiger partial charge is 0.366 e. The molecule has 2 heterocycles. The van der Waals surface area contributed by atoms with E-state index < -0.39 is 0 Å².